The molecule has 0 amide bonds. The van der Waals surface area contributed by atoms with E-state index < -0.39 is 0 Å². The minimum Gasteiger partial charge on any atom is -0.282 e. The van der Waals surface area contributed by atoms with Crippen molar-refractivity contribution in [3.8, 4) is 0 Å². The van der Waals surface area contributed by atoms with Gasteiger partial charge in [-0.2, -0.15) is 5.10 Å². The molecule has 2 atom stereocenters. The Balaban J connectivity index is 1.84. The number of nitrogens with zero attached hydrogens (tertiary/aromatic N) is 2. The quantitative estimate of drug-likeness (QED) is 0.491. The molecule has 2 heteroatoms. The molecule has 0 bridgehead atoms. The lowest BCUT2D eigenvalue weighted by Gasteiger charge is -2.28. The van der Waals surface area contributed by atoms with Crippen molar-refractivity contribution in [2.45, 2.75) is 51.1 Å². The van der Waals surface area contributed by atoms with Crippen LogP contribution in [0.2, 0.25) is 0 Å². The Hall–Kier alpha value is -2.09. The molecule has 1 heterocycles. The fourth-order valence-corrected chi connectivity index (χ4v) is 3.40. The molecule has 0 radical (unpaired) electrons. The molecule has 0 aromatic heterocycles. The zero-order valence-corrected chi connectivity index (χ0v) is 13.9. The maximum Gasteiger partial charge on any atom is 0.0728 e. The van der Waals surface area contributed by atoms with Crippen LogP contribution in [0, 0.1) is 0 Å². The standard InChI is InChI=1S/C21H26N2/c1-2-3-10-17-22-23-20(18-11-6-4-7-12-18)15-16-21(23)19-13-8-5-9-14-19/h4-9,11-14,17,20-21H,2-3,10,15-16H2,1H3/b22-17+/t20-,21-/m0/s1. The Bertz CT molecular complexity index is 559. The summed E-state index contributed by atoms with van der Waals surface area (Å²) in [6, 6.07) is 22.4. The molecule has 0 aliphatic carbocycles. The van der Waals surface area contributed by atoms with E-state index in [0.29, 0.717) is 12.1 Å². The Labute approximate surface area is 139 Å². The molecule has 1 saturated heterocycles. The number of hydrogen-bond acceptors (Lipinski definition) is 2. The van der Waals surface area contributed by atoms with Crippen molar-refractivity contribution in [2.24, 2.45) is 5.10 Å². The second-order valence-corrected chi connectivity index (χ2v) is 6.25. The van der Waals surface area contributed by atoms with Crippen LogP contribution in [0.15, 0.2) is 65.8 Å². The maximum atomic E-state index is 4.88. The van der Waals surface area contributed by atoms with Crippen molar-refractivity contribution in [2.75, 3.05) is 0 Å². The molecule has 0 N–H and O–H groups in total. The topological polar surface area (TPSA) is 15.6 Å². The first-order valence-corrected chi connectivity index (χ1v) is 8.81. The smallest absolute Gasteiger partial charge is 0.0728 e. The molecule has 3 rings (SSSR count). The van der Waals surface area contributed by atoms with Gasteiger partial charge >= 0.3 is 0 Å². The zero-order chi connectivity index (χ0) is 15.9. The minimum absolute atomic E-state index is 0.388. The molecule has 2 aromatic rings. The lowest BCUT2D eigenvalue weighted by Crippen LogP contribution is -2.21. The van der Waals surface area contributed by atoms with Crippen molar-refractivity contribution in [1.82, 2.24) is 5.01 Å². The van der Waals surface area contributed by atoms with Gasteiger partial charge in [-0.05, 0) is 36.8 Å². The van der Waals surface area contributed by atoms with Gasteiger partial charge in [0.25, 0.3) is 0 Å². The molecular formula is C21H26N2. The summed E-state index contributed by atoms with van der Waals surface area (Å²) in [5.41, 5.74) is 2.75. The fourth-order valence-electron chi connectivity index (χ4n) is 3.40. The average molecular weight is 306 g/mol. The van der Waals surface area contributed by atoms with Crippen molar-refractivity contribution in [3.63, 3.8) is 0 Å². The first kappa shape index (κ1) is 15.8. The third-order valence-corrected chi connectivity index (χ3v) is 4.62. The van der Waals surface area contributed by atoms with Crippen molar-refractivity contribution in [3.05, 3.63) is 71.8 Å². The SMILES string of the molecule is CCCC/C=N/N1[C@H](c2ccccc2)CC[C@H]1c1ccccc1. The monoisotopic (exact) mass is 306 g/mol. The maximum absolute atomic E-state index is 4.88. The molecule has 2 aromatic carbocycles. The van der Waals surface area contributed by atoms with Crippen molar-refractivity contribution in [1.29, 1.82) is 0 Å². The number of hydrazone groups is 1. The van der Waals surface area contributed by atoms with Gasteiger partial charge in [0.05, 0.1) is 12.1 Å². The van der Waals surface area contributed by atoms with Gasteiger partial charge < -0.3 is 0 Å². The first-order valence-electron chi connectivity index (χ1n) is 8.81. The Morgan fingerprint density at radius 3 is 1.91 bits per heavy atom. The van der Waals surface area contributed by atoms with Crippen LogP contribution in [0.25, 0.3) is 0 Å². The molecule has 0 spiro atoms. The zero-order valence-electron chi connectivity index (χ0n) is 13.9. The summed E-state index contributed by atoms with van der Waals surface area (Å²) in [6.45, 7) is 2.23. The summed E-state index contributed by atoms with van der Waals surface area (Å²) in [6.07, 6.45) is 7.93. The van der Waals surface area contributed by atoms with Gasteiger partial charge in [-0.3, -0.25) is 5.01 Å². The van der Waals surface area contributed by atoms with Crippen LogP contribution in [0.5, 0.6) is 0 Å². The number of rotatable bonds is 6. The van der Waals surface area contributed by atoms with Gasteiger partial charge in [0.1, 0.15) is 0 Å². The molecule has 1 aliphatic rings. The predicted molar refractivity (Wildman–Crippen MR) is 97.5 cm³/mol. The highest BCUT2D eigenvalue weighted by Gasteiger charge is 2.34. The van der Waals surface area contributed by atoms with E-state index in [9.17, 15) is 0 Å². The van der Waals surface area contributed by atoms with E-state index in [1.54, 1.807) is 0 Å². The summed E-state index contributed by atoms with van der Waals surface area (Å²) in [5, 5.41) is 7.22. The van der Waals surface area contributed by atoms with E-state index in [2.05, 4.69) is 78.8 Å². The number of hydrogen-bond donors (Lipinski definition) is 0. The van der Waals surface area contributed by atoms with Crippen LogP contribution in [0.1, 0.15) is 62.2 Å². The van der Waals surface area contributed by atoms with E-state index >= 15 is 0 Å². The van der Waals surface area contributed by atoms with E-state index in [4.69, 9.17) is 5.10 Å². The average Bonchev–Trinajstić information content (AvgIpc) is 3.04. The van der Waals surface area contributed by atoms with Gasteiger partial charge in [-0.15, -0.1) is 0 Å². The van der Waals surface area contributed by atoms with Crippen LogP contribution in [-0.2, 0) is 0 Å². The van der Waals surface area contributed by atoms with Crippen molar-refractivity contribution < 1.29 is 0 Å². The minimum atomic E-state index is 0.388. The fraction of sp³-hybridized carbons (Fsp3) is 0.381. The van der Waals surface area contributed by atoms with Gasteiger partial charge in [-0.1, -0.05) is 74.0 Å². The molecule has 0 unspecified atom stereocenters. The molecule has 120 valence electrons. The van der Waals surface area contributed by atoms with Crippen LogP contribution in [0.4, 0.5) is 0 Å². The van der Waals surface area contributed by atoms with Crippen molar-refractivity contribution >= 4 is 6.21 Å². The summed E-state index contributed by atoms with van der Waals surface area (Å²) < 4.78 is 0. The second-order valence-electron chi connectivity index (χ2n) is 6.25. The summed E-state index contributed by atoms with van der Waals surface area (Å²) >= 11 is 0. The summed E-state index contributed by atoms with van der Waals surface area (Å²) in [7, 11) is 0. The van der Waals surface area contributed by atoms with Crippen LogP contribution in [-0.4, -0.2) is 11.2 Å². The second kappa shape index (κ2) is 7.96. The molecule has 1 fully saturated rings. The van der Waals surface area contributed by atoms with E-state index in [1.165, 1.54) is 24.0 Å². The van der Waals surface area contributed by atoms with Gasteiger partial charge in [-0.25, -0.2) is 0 Å². The highest BCUT2D eigenvalue weighted by molar-refractivity contribution is 5.56. The lowest BCUT2D eigenvalue weighted by atomic mass is 10.0. The number of unbranched alkanes of at least 4 members (excludes halogenated alkanes) is 2. The molecule has 0 saturated carbocycles. The summed E-state index contributed by atoms with van der Waals surface area (Å²) in [5.74, 6) is 0. The van der Waals surface area contributed by atoms with E-state index in [0.717, 1.165) is 19.3 Å². The van der Waals surface area contributed by atoms with E-state index in [1.807, 2.05) is 0 Å². The third-order valence-electron chi connectivity index (χ3n) is 4.62. The van der Waals surface area contributed by atoms with Gasteiger partial charge in [0, 0.05) is 6.21 Å². The summed E-state index contributed by atoms with van der Waals surface area (Å²) in [4.78, 5) is 0. The van der Waals surface area contributed by atoms with Gasteiger partial charge in [0.15, 0.2) is 0 Å². The van der Waals surface area contributed by atoms with Crippen LogP contribution >= 0.6 is 0 Å². The third kappa shape index (κ3) is 3.82. The molecule has 23 heavy (non-hydrogen) atoms. The van der Waals surface area contributed by atoms with E-state index in [-0.39, 0.29) is 0 Å². The first-order chi connectivity index (χ1) is 11.4. The highest BCUT2D eigenvalue weighted by atomic mass is 15.5. The Morgan fingerprint density at radius 1 is 0.913 bits per heavy atom. The molecular weight excluding hydrogens is 280 g/mol. The largest absolute Gasteiger partial charge is 0.282 e. The van der Waals surface area contributed by atoms with Gasteiger partial charge in [0.2, 0.25) is 0 Å². The Morgan fingerprint density at radius 2 is 1.43 bits per heavy atom. The lowest BCUT2D eigenvalue weighted by molar-refractivity contribution is 0.205. The highest BCUT2D eigenvalue weighted by Crippen LogP contribution is 2.43. The number of benzene rings is 2. The molecule has 2 nitrogen and oxygen atoms in total. The Kier molecular flexibility index (Phi) is 5.46. The predicted octanol–water partition coefficient (Wildman–Crippen LogP) is 5.74. The van der Waals surface area contributed by atoms with Crippen LogP contribution in [0.3, 0.4) is 0 Å². The molecule has 1 aliphatic heterocycles. The van der Waals surface area contributed by atoms with Crippen LogP contribution < -0.4 is 0 Å². The normalized spacial score (nSPS) is 21.2.